The van der Waals surface area contributed by atoms with E-state index >= 15 is 0 Å². The van der Waals surface area contributed by atoms with Crippen molar-refractivity contribution >= 4 is 5.91 Å². The molecule has 1 amide bonds. The summed E-state index contributed by atoms with van der Waals surface area (Å²) in [7, 11) is 0. The minimum absolute atomic E-state index is 0.0732. The number of hydrogen-bond acceptors (Lipinski definition) is 6. The topological polar surface area (TPSA) is 97.8 Å². The molecule has 0 saturated carbocycles. The molecule has 0 aliphatic carbocycles. The Morgan fingerprint density at radius 3 is 2.67 bits per heavy atom. The second-order valence-electron chi connectivity index (χ2n) is 7.03. The maximum atomic E-state index is 12.8. The zero-order chi connectivity index (χ0) is 19.6. The molecule has 3 heterocycles. The molecule has 1 fully saturated rings. The van der Waals surface area contributed by atoms with Crippen LogP contribution in [0.3, 0.4) is 0 Å². The van der Waals surface area contributed by atoms with Crippen LogP contribution < -0.4 is 5.43 Å². The summed E-state index contributed by atoms with van der Waals surface area (Å²) in [5, 5.41) is 14.6. The van der Waals surface area contributed by atoms with Crippen molar-refractivity contribution in [1.29, 1.82) is 0 Å². The van der Waals surface area contributed by atoms with Gasteiger partial charge in [0.1, 0.15) is 5.76 Å². The Kier molecular flexibility index (Phi) is 5.65. The van der Waals surface area contributed by atoms with E-state index in [4.69, 9.17) is 9.15 Å². The van der Waals surface area contributed by atoms with Gasteiger partial charge in [0.25, 0.3) is 0 Å². The van der Waals surface area contributed by atoms with E-state index in [2.05, 4.69) is 5.10 Å². The average Bonchev–Trinajstić information content (AvgIpc) is 3.13. The highest BCUT2D eigenvalue weighted by atomic mass is 16.5. The van der Waals surface area contributed by atoms with Crippen LogP contribution in [0.1, 0.15) is 49.3 Å². The van der Waals surface area contributed by atoms with Crippen LogP contribution in [0, 0.1) is 6.92 Å². The lowest BCUT2D eigenvalue weighted by Gasteiger charge is -2.28. The van der Waals surface area contributed by atoms with Gasteiger partial charge < -0.3 is 19.2 Å². The van der Waals surface area contributed by atoms with Crippen LogP contribution >= 0.6 is 0 Å². The van der Waals surface area contributed by atoms with Crippen LogP contribution in [0.15, 0.2) is 27.7 Å². The van der Waals surface area contributed by atoms with Crippen LogP contribution in [0.25, 0.3) is 0 Å². The van der Waals surface area contributed by atoms with E-state index in [1.165, 1.54) is 6.07 Å². The highest BCUT2D eigenvalue weighted by Gasteiger charge is 2.29. The summed E-state index contributed by atoms with van der Waals surface area (Å²) in [6.07, 6.45) is 3.55. The molecule has 0 unspecified atom stereocenters. The van der Waals surface area contributed by atoms with Crippen molar-refractivity contribution in [2.24, 2.45) is 0 Å². The van der Waals surface area contributed by atoms with Gasteiger partial charge in [0.15, 0.2) is 5.76 Å². The molecule has 8 nitrogen and oxygen atoms in total. The molecule has 1 N–H and O–H groups in total. The van der Waals surface area contributed by atoms with Gasteiger partial charge >= 0.3 is 0 Å². The van der Waals surface area contributed by atoms with Crippen molar-refractivity contribution in [3.05, 3.63) is 45.8 Å². The maximum absolute atomic E-state index is 12.8. The number of aryl methyl sites for hydroxylation is 1. The zero-order valence-corrected chi connectivity index (χ0v) is 15.8. The molecule has 0 aromatic carbocycles. The summed E-state index contributed by atoms with van der Waals surface area (Å²) in [6.45, 7) is 7.70. The lowest BCUT2D eigenvalue weighted by molar-refractivity contribution is -0.135. The lowest BCUT2D eigenvalue weighted by atomic mass is 9.94. The van der Waals surface area contributed by atoms with Gasteiger partial charge in [0.2, 0.25) is 17.1 Å². The van der Waals surface area contributed by atoms with Crippen LogP contribution in [-0.2, 0) is 9.53 Å². The van der Waals surface area contributed by atoms with Crippen molar-refractivity contribution in [3.63, 3.8) is 0 Å². The quantitative estimate of drug-likeness (QED) is 0.856. The van der Waals surface area contributed by atoms with Gasteiger partial charge in [-0.05, 0) is 20.8 Å². The number of ether oxygens (including phenoxy) is 1. The van der Waals surface area contributed by atoms with E-state index in [0.29, 0.717) is 37.6 Å². The summed E-state index contributed by atoms with van der Waals surface area (Å²) in [5.74, 6) is -0.653. The van der Waals surface area contributed by atoms with E-state index in [0.717, 1.165) is 0 Å². The molecule has 8 heteroatoms. The van der Waals surface area contributed by atoms with E-state index in [-0.39, 0.29) is 24.1 Å². The molecule has 146 valence electrons. The fourth-order valence-electron chi connectivity index (χ4n) is 3.16. The molecule has 1 atom stereocenters. The number of carbonyl (C=O) groups excluding carboxylic acids is 1. The molecular formula is C19H25N3O5. The maximum Gasteiger partial charge on any atom is 0.227 e. The summed E-state index contributed by atoms with van der Waals surface area (Å²) in [6, 6.07) is 1.38. The number of morpholine rings is 1. The molecule has 1 aliphatic heterocycles. The number of hydrogen-bond donors (Lipinski definition) is 1. The fraction of sp³-hybridized carbons (Fsp3) is 0.526. The number of amides is 1. The van der Waals surface area contributed by atoms with Crippen molar-refractivity contribution in [1.82, 2.24) is 14.7 Å². The summed E-state index contributed by atoms with van der Waals surface area (Å²) < 4.78 is 12.7. The first-order valence-corrected chi connectivity index (χ1v) is 9.10. The van der Waals surface area contributed by atoms with Gasteiger partial charge in [0.05, 0.1) is 25.3 Å². The number of aromatic hydroxyl groups is 1. The fourth-order valence-corrected chi connectivity index (χ4v) is 3.16. The smallest absolute Gasteiger partial charge is 0.227 e. The molecule has 2 aromatic rings. The first-order valence-electron chi connectivity index (χ1n) is 9.10. The van der Waals surface area contributed by atoms with Crippen LogP contribution in [0.5, 0.6) is 5.75 Å². The van der Waals surface area contributed by atoms with E-state index in [1.54, 1.807) is 22.7 Å². The zero-order valence-electron chi connectivity index (χ0n) is 15.8. The predicted molar refractivity (Wildman–Crippen MR) is 97.9 cm³/mol. The standard InChI is InChI=1S/C19H25N3O5/c1-12(2)22-11-14(10-20-22)15(9-17(24)21-4-6-26-7-5-21)19-18(25)16(23)8-13(3)27-19/h8,10-12,15,25H,4-7,9H2,1-3H3/t15-/m1/s1. The number of aromatic nitrogens is 2. The van der Waals surface area contributed by atoms with Crippen LogP contribution in [0.4, 0.5) is 0 Å². The lowest BCUT2D eigenvalue weighted by Crippen LogP contribution is -2.41. The SMILES string of the molecule is Cc1cc(=O)c(O)c([C@H](CC(=O)N2CCOCC2)c2cnn(C(C)C)c2)o1. The minimum atomic E-state index is -0.597. The van der Waals surface area contributed by atoms with Gasteiger partial charge in [-0.2, -0.15) is 5.10 Å². The largest absolute Gasteiger partial charge is 0.502 e. The van der Waals surface area contributed by atoms with Gasteiger partial charge in [-0.15, -0.1) is 0 Å². The molecule has 1 saturated heterocycles. The monoisotopic (exact) mass is 375 g/mol. The second-order valence-corrected chi connectivity index (χ2v) is 7.03. The van der Waals surface area contributed by atoms with Gasteiger partial charge in [-0.25, -0.2) is 0 Å². The van der Waals surface area contributed by atoms with E-state index in [1.807, 2.05) is 20.0 Å². The van der Waals surface area contributed by atoms with Gasteiger partial charge in [0, 0.05) is 43.4 Å². The third kappa shape index (κ3) is 4.21. The highest BCUT2D eigenvalue weighted by Crippen LogP contribution is 2.33. The Labute approximate surface area is 157 Å². The Morgan fingerprint density at radius 1 is 1.33 bits per heavy atom. The van der Waals surface area contributed by atoms with Crippen LogP contribution in [0.2, 0.25) is 0 Å². The molecular weight excluding hydrogens is 350 g/mol. The van der Waals surface area contributed by atoms with E-state index in [9.17, 15) is 14.7 Å². The Bertz CT molecular complexity index is 864. The number of rotatable bonds is 5. The third-order valence-electron chi connectivity index (χ3n) is 4.68. The third-order valence-corrected chi connectivity index (χ3v) is 4.68. The van der Waals surface area contributed by atoms with Crippen molar-refractivity contribution in [2.75, 3.05) is 26.3 Å². The van der Waals surface area contributed by atoms with Crippen molar-refractivity contribution < 1.29 is 19.1 Å². The van der Waals surface area contributed by atoms with Gasteiger partial charge in [-0.3, -0.25) is 14.3 Å². The van der Waals surface area contributed by atoms with E-state index < -0.39 is 17.1 Å². The number of nitrogens with zero attached hydrogens (tertiary/aromatic N) is 3. The molecule has 0 spiro atoms. The summed E-state index contributed by atoms with van der Waals surface area (Å²) in [4.78, 5) is 26.6. The second kappa shape index (κ2) is 7.96. The highest BCUT2D eigenvalue weighted by molar-refractivity contribution is 5.77. The predicted octanol–water partition coefficient (Wildman–Crippen LogP) is 1.81. The summed E-state index contributed by atoms with van der Waals surface area (Å²) in [5.41, 5.74) is 0.197. The molecule has 3 rings (SSSR count). The molecule has 0 bridgehead atoms. The Balaban J connectivity index is 1.98. The normalized spacial score (nSPS) is 15.9. The molecule has 27 heavy (non-hydrogen) atoms. The van der Waals surface area contributed by atoms with Crippen molar-refractivity contribution in [3.8, 4) is 5.75 Å². The molecule has 2 aromatic heterocycles. The first kappa shape index (κ1) is 19.2. The molecule has 1 aliphatic rings. The summed E-state index contributed by atoms with van der Waals surface area (Å²) >= 11 is 0. The van der Waals surface area contributed by atoms with Gasteiger partial charge in [-0.1, -0.05) is 0 Å². The Hall–Kier alpha value is -2.61. The van der Waals surface area contributed by atoms with Crippen molar-refractivity contribution in [2.45, 2.75) is 39.2 Å². The number of carbonyl (C=O) groups is 1. The molecule has 0 radical (unpaired) electrons. The first-order chi connectivity index (χ1) is 12.9. The van der Waals surface area contributed by atoms with Crippen LogP contribution in [-0.4, -0.2) is 52.0 Å². The average molecular weight is 375 g/mol. The minimum Gasteiger partial charge on any atom is -0.502 e. The Morgan fingerprint density at radius 2 is 2.04 bits per heavy atom.